The van der Waals surface area contributed by atoms with E-state index in [1.165, 1.54) is 49.4 Å². The molecule has 1 unspecified atom stereocenters. The second kappa shape index (κ2) is 8.37. The average molecular weight is 331 g/mol. The van der Waals surface area contributed by atoms with Crippen LogP contribution in [-0.2, 0) is 6.42 Å². The number of piperazine rings is 1. The molecule has 0 aromatic heterocycles. The van der Waals surface area contributed by atoms with Crippen LogP contribution in [0.25, 0.3) is 0 Å². The lowest BCUT2D eigenvalue weighted by Gasteiger charge is -2.37. The minimum atomic E-state index is 0. The van der Waals surface area contributed by atoms with Crippen LogP contribution in [0.15, 0.2) is 54.6 Å². The number of halogens is 1. The number of para-hydroxylation sites is 1. The van der Waals surface area contributed by atoms with Crippen LogP contribution >= 0.6 is 0 Å². The first-order valence-electron chi connectivity index (χ1n) is 8.43. The number of nitrogens with zero attached hydrogens (tertiary/aromatic N) is 1. The van der Waals surface area contributed by atoms with Crippen molar-refractivity contribution in [3.05, 3.63) is 65.7 Å². The molecule has 1 heterocycles. The van der Waals surface area contributed by atoms with Crippen molar-refractivity contribution in [2.75, 3.05) is 31.1 Å². The SMILES string of the molecule is Cc1ccccc1N1CC[NH+](C(C)Cc2ccccc2)CC1.[Cl-]. The van der Waals surface area contributed by atoms with Gasteiger partial charge >= 0.3 is 0 Å². The van der Waals surface area contributed by atoms with Crippen LogP contribution in [-0.4, -0.2) is 32.2 Å². The van der Waals surface area contributed by atoms with Crippen LogP contribution in [0.4, 0.5) is 5.69 Å². The van der Waals surface area contributed by atoms with Crippen molar-refractivity contribution in [2.24, 2.45) is 0 Å². The maximum absolute atomic E-state index is 2.55. The summed E-state index contributed by atoms with van der Waals surface area (Å²) in [6.45, 7) is 9.42. The van der Waals surface area contributed by atoms with Gasteiger partial charge in [0.25, 0.3) is 0 Å². The van der Waals surface area contributed by atoms with E-state index in [4.69, 9.17) is 0 Å². The van der Waals surface area contributed by atoms with Gasteiger partial charge in [0, 0.05) is 12.1 Å². The molecule has 1 fully saturated rings. The molecule has 1 aliphatic heterocycles. The summed E-state index contributed by atoms with van der Waals surface area (Å²) in [6.07, 6.45) is 1.18. The van der Waals surface area contributed by atoms with Crippen molar-refractivity contribution in [2.45, 2.75) is 26.3 Å². The van der Waals surface area contributed by atoms with E-state index < -0.39 is 0 Å². The molecule has 0 saturated carbocycles. The Morgan fingerprint density at radius 3 is 2.22 bits per heavy atom. The van der Waals surface area contributed by atoms with Crippen LogP contribution < -0.4 is 22.2 Å². The summed E-state index contributed by atoms with van der Waals surface area (Å²) in [5.41, 5.74) is 4.27. The normalized spacial score (nSPS) is 16.7. The summed E-state index contributed by atoms with van der Waals surface area (Å²) in [6, 6.07) is 20.3. The molecular weight excluding hydrogens is 304 g/mol. The van der Waals surface area contributed by atoms with Gasteiger partial charge < -0.3 is 22.2 Å². The molecular formula is C20H27ClN2. The summed E-state index contributed by atoms with van der Waals surface area (Å²) in [5.74, 6) is 0. The van der Waals surface area contributed by atoms with Crippen LogP contribution in [0, 0.1) is 6.92 Å². The summed E-state index contributed by atoms with van der Waals surface area (Å²) in [5, 5.41) is 0. The van der Waals surface area contributed by atoms with Crippen LogP contribution in [0.3, 0.4) is 0 Å². The third kappa shape index (κ3) is 4.49. The maximum atomic E-state index is 2.55. The van der Waals surface area contributed by atoms with E-state index in [1.54, 1.807) is 4.90 Å². The van der Waals surface area contributed by atoms with Crippen molar-refractivity contribution < 1.29 is 17.3 Å². The molecule has 0 radical (unpaired) electrons. The molecule has 1 aliphatic rings. The molecule has 1 atom stereocenters. The number of hydrogen-bond acceptors (Lipinski definition) is 1. The van der Waals surface area contributed by atoms with E-state index in [-0.39, 0.29) is 12.4 Å². The van der Waals surface area contributed by atoms with E-state index in [0.717, 1.165) is 0 Å². The molecule has 0 amide bonds. The standard InChI is InChI=1S/C20H26N2.ClH/c1-17-8-6-7-11-20(17)22-14-12-21(13-15-22)18(2)16-19-9-4-3-5-10-19;/h3-11,18H,12-16H2,1-2H3;1H. The number of nitrogens with one attached hydrogen (secondary N) is 1. The number of benzene rings is 2. The third-order valence-electron chi connectivity index (χ3n) is 4.94. The minimum absolute atomic E-state index is 0. The maximum Gasteiger partial charge on any atom is 0.0951 e. The molecule has 23 heavy (non-hydrogen) atoms. The zero-order valence-corrected chi connectivity index (χ0v) is 14.9. The summed E-state index contributed by atoms with van der Waals surface area (Å²) >= 11 is 0. The zero-order chi connectivity index (χ0) is 15.4. The van der Waals surface area contributed by atoms with Gasteiger partial charge in [0.1, 0.15) is 0 Å². The Balaban J connectivity index is 0.00000192. The Kier molecular flexibility index (Phi) is 6.49. The monoisotopic (exact) mass is 330 g/mol. The largest absolute Gasteiger partial charge is 1.00 e. The van der Waals surface area contributed by atoms with Crippen LogP contribution in [0.2, 0.25) is 0 Å². The average Bonchev–Trinajstić information content (AvgIpc) is 2.56. The highest BCUT2D eigenvalue weighted by atomic mass is 35.5. The van der Waals surface area contributed by atoms with Gasteiger partial charge in [-0.25, -0.2) is 0 Å². The fourth-order valence-corrected chi connectivity index (χ4v) is 3.56. The van der Waals surface area contributed by atoms with Gasteiger partial charge in [-0.1, -0.05) is 48.5 Å². The van der Waals surface area contributed by atoms with Crippen molar-refractivity contribution in [1.82, 2.24) is 0 Å². The molecule has 0 aliphatic carbocycles. The van der Waals surface area contributed by atoms with Crippen molar-refractivity contribution in [3.8, 4) is 0 Å². The molecule has 1 N–H and O–H groups in total. The summed E-state index contributed by atoms with van der Waals surface area (Å²) < 4.78 is 0. The van der Waals surface area contributed by atoms with Gasteiger partial charge in [0.2, 0.25) is 0 Å². The number of quaternary nitrogens is 1. The number of aryl methyl sites for hydroxylation is 1. The van der Waals surface area contributed by atoms with Crippen molar-refractivity contribution in [1.29, 1.82) is 0 Å². The van der Waals surface area contributed by atoms with Crippen molar-refractivity contribution >= 4 is 5.69 Å². The van der Waals surface area contributed by atoms with Gasteiger partial charge in [-0.05, 0) is 31.0 Å². The van der Waals surface area contributed by atoms with E-state index in [9.17, 15) is 0 Å². The third-order valence-corrected chi connectivity index (χ3v) is 4.94. The first-order valence-corrected chi connectivity index (χ1v) is 8.43. The van der Waals surface area contributed by atoms with Crippen LogP contribution in [0.1, 0.15) is 18.1 Å². The molecule has 0 spiro atoms. The first-order chi connectivity index (χ1) is 10.7. The topological polar surface area (TPSA) is 7.68 Å². The Morgan fingerprint density at radius 2 is 1.57 bits per heavy atom. The predicted octanol–water partition coefficient (Wildman–Crippen LogP) is -0.665. The molecule has 2 nitrogen and oxygen atoms in total. The van der Waals surface area contributed by atoms with Gasteiger partial charge in [-0.3, -0.25) is 0 Å². The molecule has 2 aromatic carbocycles. The Hall–Kier alpha value is -1.51. The Bertz CT molecular complexity index is 592. The predicted molar refractivity (Wildman–Crippen MR) is 93.7 cm³/mol. The molecule has 3 rings (SSSR count). The fourth-order valence-electron chi connectivity index (χ4n) is 3.56. The molecule has 0 bridgehead atoms. The van der Waals surface area contributed by atoms with Gasteiger partial charge in [-0.15, -0.1) is 0 Å². The lowest BCUT2D eigenvalue weighted by Crippen LogP contribution is -3.18. The molecule has 124 valence electrons. The second-order valence-electron chi connectivity index (χ2n) is 6.52. The Labute approximate surface area is 146 Å². The highest BCUT2D eigenvalue weighted by molar-refractivity contribution is 5.53. The summed E-state index contributed by atoms with van der Waals surface area (Å²) in [7, 11) is 0. The van der Waals surface area contributed by atoms with E-state index in [1.807, 2.05) is 0 Å². The highest BCUT2D eigenvalue weighted by Crippen LogP contribution is 2.18. The van der Waals surface area contributed by atoms with Crippen molar-refractivity contribution in [3.63, 3.8) is 0 Å². The fraction of sp³-hybridized carbons (Fsp3) is 0.400. The molecule has 2 aromatic rings. The number of hydrogen-bond donors (Lipinski definition) is 1. The van der Waals surface area contributed by atoms with Gasteiger partial charge in [-0.2, -0.15) is 0 Å². The van der Waals surface area contributed by atoms with E-state index in [2.05, 4.69) is 73.3 Å². The van der Waals surface area contributed by atoms with E-state index >= 15 is 0 Å². The van der Waals surface area contributed by atoms with Gasteiger partial charge in [0.15, 0.2) is 0 Å². The second-order valence-corrected chi connectivity index (χ2v) is 6.52. The lowest BCUT2D eigenvalue weighted by molar-refractivity contribution is -0.923. The smallest absolute Gasteiger partial charge is 0.0951 e. The molecule has 1 saturated heterocycles. The first kappa shape index (κ1) is 17.8. The highest BCUT2D eigenvalue weighted by Gasteiger charge is 2.25. The summed E-state index contributed by atoms with van der Waals surface area (Å²) in [4.78, 5) is 4.29. The number of anilines is 1. The lowest BCUT2D eigenvalue weighted by atomic mass is 10.0. The van der Waals surface area contributed by atoms with Gasteiger partial charge in [0.05, 0.1) is 32.2 Å². The Morgan fingerprint density at radius 1 is 0.957 bits per heavy atom. The zero-order valence-electron chi connectivity index (χ0n) is 14.1. The quantitative estimate of drug-likeness (QED) is 0.782. The molecule has 3 heteroatoms. The van der Waals surface area contributed by atoms with E-state index in [0.29, 0.717) is 6.04 Å². The number of rotatable bonds is 4. The minimum Gasteiger partial charge on any atom is -1.00 e. The van der Waals surface area contributed by atoms with Crippen LogP contribution in [0.5, 0.6) is 0 Å².